The van der Waals surface area contributed by atoms with Gasteiger partial charge < -0.3 is 10.4 Å². The zero-order valence-corrected chi connectivity index (χ0v) is 13.5. The summed E-state index contributed by atoms with van der Waals surface area (Å²) in [7, 11) is 0. The molecule has 1 aromatic carbocycles. The van der Waals surface area contributed by atoms with Crippen molar-refractivity contribution in [3.05, 3.63) is 48.0 Å². The molecule has 6 atom stereocenters. The van der Waals surface area contributed by atoms with Crippen molar-refractivity contribution < 1.29 is 14.7 Å². The van der Waals surface area contributed by atoms with Gasteiger partial charge in [0.2, 0.25) is 5.91 Å². The van der Waals surface area contributed by atoms with Gasteiger partial charge in [-0.25, -0.2) is 0 Å². The van der Waals surface area contributed by atoms with E-state index in [4.69, 9.17) is 0 Å². The van der Waals surface area contributed by atoms with Crippen molar-refractivity contribution in [2.24, 2.45) is 23.7 Å². The second-order valence-corrected chi connectivity index (χ2v) is 6.83. The molecule has 1 aromatic rings. The Kier molecular flexibility index (Phi) is 4.24. The molecule has 0 saturated heterocycles. The van der Waals surface area contributed by atoms with Crippen molar-refractivity contribution in [2.75, 3.05) is 0 Å². The zero-order valence-electron chi connectivity index (χ0n) is 13.5. The van der Waals surface area contributed by atoms with Crippen LogP contribution >= 0.6 is 0 Å². The van der Waals surface area contributed by atoms with Crippen molar-refractivity contribution in [1.82, 2.24) is 5.32 Å². The molecular formula is C19H23NO3. The minimum absolute atomic E-state index is 0.00935. The molecule has 23 heavy (non-hydrogen) atoms. The highest BCUT2D eigenvalue weighted by molar-refractivity contribution is 5.87. The third-order valence-electron chi connectivity index (χ3n) is 5.49. The van der Waals surface area contributed by atoms with E-state index in [1.807, 2.05) is 49.4 Å². The molecule has 0 spiro atoms. The number of hydrogen-bond donors (Lipinski definition) is 2. The average Bonchev–Trinajstić information content (AvgIpc) is 3.15. The zero-order chi connectivity index (χ0) is 16.6. The Balaban J connectivity index is 1.69. The molecule has 1 saturated carbocycles. The summed E-state index contributed by atoms with van der Waals surface area (Å²) in [5, 5.41) is 12.5. The number of nitrogens with one attached hydrogen (secondary N) is 1. The number of carbonyl (C=O) groups excluding carboxylic acids is 1. The third-order valence-corrected chi connectivity index (χ3v) is 5.49. The largest absolute Gasteiger partial charge is 0.481 e. The van der Waals surface area contributed by atoms with Gasteiger partial charge in [0, 0.05) is 12.0 Å². The first-order valence-electron chi connectivity index (χ1n) is 8.25. The van der Waals surface area contributed by atoms with Crippen LogP contribution in [-0.4, -0.2) is 23.0 Å². The van der Waals surface area contributed by atoms with Gasteiger partial charge in [-0.1, -0.05) is 49.4 Å². The second kappa shape index (κ2) is 6.19. The highest BCUT2D eigenvalue weighted by Gasteiger charge is 2.51. The Morgan fingerprint density at radius 3 is 2.30 bits per heavy atom. The molecule has 4 heteroatoms. The summed E-state index contributed by atoms with van der Waals surface area (Å²) in [6, 6.07) is 10.0. The molecule has 122 valence electrons. The Morgan fingerprint density at radius 2 is 1.70 bits per heavy atom. The van der Waals surface area contributed by atoms with E-state index in [0.29, 0.717) is 0 Å². The summed E-state index contributed by atoms with van der Waals surface area (Å²) < 4.78 is 0. The van der Waals surface area contributed by atoms with Crippen LogP contribution in [-0.2, 0) is 9.59 Å². The first-order valence-corrected chi connectivity index (χ1v) is 8.25. The standard InChI is InChI=1S/C19H23NO3/c1-11(13-6-4-3-5-7-13)12(2)20-18(21)16-14-8-9-15(10-14)17(16)19(22)23/h3-9,11-12,14-17H,10H2,1-2H3,(H,20,21)(H,22,23). The van der Waals surface area contributed by atoms with Crippen LogP contribution in [0.4, 0.5) is 0 Å². The summed E-state index contributed by atoms with van der Waals surface area (Å²) >= 11 is 0. The van der Waals surface area contributed by atoms with E-state index in [1.165, 1.54) is 5.56 Å². The van der Waals surface area contributed by atoms with Gasteiger partial charge in [0.1, 0.15) is 0 Å². The molecular weight excluding hydrogens is 290 g/mol. The maximum Gasteiger partial charge on any atom is 0.307 e. The maximum atomic E-state index is 12.7. The van der Waals surface area contributed by atoms with Gasteiger partial charge in [0.15, 0.2) is 0 Å². The summed E-state index contributed by atoms with van der Waals surface area (Å²) in [5.74, 6) is -1.74. The summed E-state index contributed by atoms with van der Waals surface area (Å²) in [5.41, 5.74) is 1.17. The lowest BCUT2D eigenvalue weighted by Crippen LogP contribution is -2.45. The number of carboxylic acids is 1. The van der Waals surface area contributed by atoms with Gasteiger partial charge in [-0.05, 0) is 30.7 Å². The molecule has 2 aliphatic rings. The molecule has 1 amide bonds. The van der Waals surface area contributed by atoms with Gasteiger partial charge in [-0.15, -0.1) is 0 Å². The van der Waals surface area contributed by atoms with Crippen molar-refractivity contribution in [2.45, 2.75) is 32.2 Å². The fourth-order valence-corrected chi connectivity index (χ4v) is 4.01. The highest BCUT2D eigenvalue weighted by Crippen LogP contribution is 2.48. The van der Waals surface area contributed by atoms with Crippen molar-refractivity contribution >= 4 is 11.9 Å². The Bertz CT molecular complexity index is 625. The number of carboxylic acid groups (broad SMARTS) is 1. The first-order chi connectivity index (χ1) is 11.0. The number of rotatable bonds is 5. The van der Waals surface area contributed by atoms with Crippen molar-refractivity contribution in [1.29, 1.82) is 0 Å². The van der Waals surface area contributed by atoms with Gasteiger partial charge in [-0.2, -0.15) is 0 Å². The van der Waals surface area contributed by atoms with Crippen LogP contribution in [0.3, 0.4) is 0 Å². The van der Waals surface area contributed by atoms with Crippen LogP contribution in [0.1, 0.15) is 31.7 Å². The average molecular weight is 313 g/mol. The molecule has 6 unspecified atom stereocenters. The number of hydrogen-bond acceptors (Lipinski definition) is 2. The Hall–Kier alpha value is -2.10. The molecule has 0 heterocycles. The van der Waals surface area contributed by atoms with Crippen LogP contribution in [0.5, 0.6) is 0 Å². The van der Waals surface area contributed by atoms with E-state index in [1.54, 1.807) is 0 Å². The van der Waals surface area contributed by atoms with E-state index in [2.05, 4.69) is 12.2 Å². The van der Waals surface area contributed by atoms with Gasteiger partial charge in [0.25, 0.3) is 0 Å². The number of amides is 1. The van der Waals surface area contributed by atoms with E-state index in [9.17, 15) is 14.7 Å². The van der Waals surface area contributed by atoms with Gasteiger partial charge in [0.05, 0.1) is 11.8 Å². The topological polar surface area (TPSA) is 66.4 Å². The number of carbonyl (C=O) groups is 2. The Labute approximate surface area is 136 Å². The molecule has 0 aliphatic heterocycles. The van der Waals surface area contributed by atoms with E-state index in [0.717, 1.165) is 6.42 Å². The summed E-state index contributed by atoms with van der Waals surface area (Å²) in [6.45, 7) is 4.06. The van der Waals surface area contributed by atoms with Crippen LogP contribution in [0, 0.1) is 23.7 Å². The number of allylic oxidation sites excluding steroid dienone is 2. The normalized spacial score (nSPS) is 30.9. The molecule has 3 rings (SSSR count). The van der Waals surface area contributed by atoms with E-state index >= 15 is 0 Å². The monoisotopic (exact) mass is 313 g/mol. The molecule has 2 N–H and O–H groups in total. The Morgan fingerprint density at radius 1 is 1.09 bits per heavy atom. The van der Waals surface area contributed by atoms with E-state index in [-0.39, 0.29) is 29.7 Å². The molecule has 1 fully saturated rings. The lowest BCUT2D eigenvalue weighted by atomic mass is 9.82. The van der Waals surface area contributed by atoms with Crippen LogP contribution < -0.4 is 5.32 Å². The van der Waals surface area contributed by atoms with E-state index < -0.39 is 17.8 Å². The molecule has 0 radical (unpaired) electrons. The third kappa shape index (κ3) is 2.90. The predicted molar refractivity (Wildman–Crippen MR) is 87.8 cm³/mol. The minimum atomic E-state index is -0.856. The van der Waals surface area contributed by atoms with Crippen molar-refractivity contribution in [3.8, 4) is 0 Å². The number of aliphatic carboxylic acids is 1. The van der Waals surface area contributed by atoms with Crippen LogP contribution in [0.15, 0.2) is 42.5 Å². The minimum Gasteiger partial charge on any atom is -0.481 e. The molecule has 0 aromatic heterocycles. The fraction of sp³-hybridized carbons (Fsp3) is 0.474. The SMILES string of the molecule is CC(NC(=O)C1C2C=CC(C2)C1C(=O)O)C(C)c1ccccc1. The van der Waals surface area contributed by atoms with Crippen LogP contribution in [0.25, 0.3) is 0 Å². The maximum absolute atomic E-state index is 12.7. The highest BCUT2D eigenvalue weighted by atomic mass is 16.4. The molecule has 4 nitrogen and oxygen atoms in total. The number of fused-ring (bicyclic) bond motifs is 2. The molecule has 2 bridgehead atoms. The lowest BCUT2D eigenvalue weighted by Gasteiger charge is -2.28. The second-order valence-electron chi connectivity index (χ2n) is 6.83. The first kappa shape index (κ1) is 15.8. The fourth-order valence-electron chi connectivity index (χ4n) is 4.01. The van der Waals surface area contributed by atoms with Crippen LogP contribution in [0.2, 0.25) is 0 Å². The van der Waals surface area contributed by atoms with Crippen molar-refractivity contribution in [3.63, 3.8) is 0 Å². The summed E-state index contributed by atoms with van der Waals surface area (Å²) in [6.07, 6.45) is 4.76. The van der Waals surface area contributed by atoms with Gasteiger partial charge >= 0.3 is 5.97 Å². The predicted octanol–water partition coefficient (Wildman–Crippen LogP) is 2.82. The summed E-state index contributed by atoms with van der Waals surface area (Å²) in [4.78, 5) is 24.2. The lowest BCUT2D eigenvalue weighted by molar-refractivity contribution is -0.148. The number of benzene rings is 1. The molecule has 2 aliphatic carbocycles. The quantitative estimate of drug-likeness (QED) is 0.822. The smallest absolute Gasteiger partial charge is 0.307 e. The van der Waals surface area contributed by atoms with Gasteiger partial charge in [-0.3, -0.25) is 9.59 Å².